The Hall–Kier alpha value is -4.36. The average molecular weight is 449 g/mol. The van der Waals surface area contributed by atoms with E-state index in [1.807, 2.05) is 12.1 Å². The molecule has 166 valence electrons. The molecule has 0 spiro atoms. The number of rotatable bonds is 3. The Labute approximate surface area is 204 Å². The molecule has 1 heterocycles. The molecule has 1 heteroatoms. The highest BCUT2D eigenvalue weighted by molar-refractivity contribution is 6.22. The summed E-state index contributed by atoms with van der Waals surface area (Å²) >= 11 is 0. The van der Waals surface area contributed by atoms with E-state index in [1.54, 1.807) is 0 Å². The van der Waals surface area contributed by atoms with Gasteiger partial charge in [0.2, 0.25) is 0 Å². The van der Waals surface area contributed by atoms with E-state index in [1.165, 1.54) is 49.4 Å². The van der Waals surface area contributed by atoms with Crippen molar-refractivity contribution in [2.24, 2.45) is 0 Å². The molecule has 0 aliphatic carbocycles. The number of hydrogen-bond donors (Lipinski definition) is 0. The summed E-state index contributed by atoms with van der Waals surface area (Å²) in [6, 6.07) is 41.6. The molecule has 7 aromatic rings. The highest BCUT2D eigenvalue weighted by atomic mass is 16.3. The van der Waals surface area contributed by atoms with E-state index < -0.39 is 0 Å². The van der Waals surface area contributed by atoms with Crippen LogP contribution in [0.3, 0.4) is 0 Å². The van der Waals surface area contributed by atoms with Gasteiger partial charge in [0.15, 0.2) is 0 Å². The van der Waals surface area contributed by atoms with Gasteiger partial charge < -0.3 is 4.42 Å². The van der Waals surface area contributed by atoms with Crippen molar-refractivity contribution in [2.75, 3.05) is 0 Å². The Kier molecular flexibility index (Phi) is 4.50. The average Bonchev–Trinajstić information content (AvgIpc) is 3.29. The predicted molar refractivity (Wildman–Crippen MR) is 149 cm³/mol. The molecule has 0 unspecified atom stereocenters. The van der Waals surface area contributed by atoms with Crippen LogP contribution in [0.15, 0.2) is 120 Å². The fraction of sp³-hybridized carbons (Fsp3) is 0.0588. The summed E-state index contributed by atoms with van der Waals surface area (Å²) in [6.07, 6.45) is 1.05. The van der Waals surface area contributed by atoms with Crippen molar-refractivity contribution >= 4 is 43.5 Å². The van der Waals surface area contributed by atoms with Crippen LogP contribution < -0.4 is 0 Å². The first-order valence-electron chi connectivity index (χ1n) is 12.3. The first kappa shape index (κ1) is 20.1. The van der Waals surface area contributed by atoms with Crippen molar-refractivity contribution in [3.8, 4) is 22.3 Å². The predicted octanol–water partition coefficient (Wildman–Crippen LogP) is 9.79. The fourth-order valence-corrected chi connectivity index (χ4v) is 5.54. The van der Waals surface area contributed by atoms with Gasteiger partial charge in [0.1, 0.15) is 11.2 Å². The Morgan fingerprint density at radius 3 is 1.54 bits per heavy atom. The Bertz CT molecular complexity index is 1810. The maximum absolute atomic E-state index is 6.25. The maximum Gasteiger partial charge on any atom is 0.136 e. The molecule has 0 N–H and O–H groups in total. The Morgan fingerprint density at radius 2 is 0.943 bits per heavy atom. The summed E-state index contributed by atoms with van der Waals surface area (Å²) in [5.41, 5.74) is 8.21. The van der Waals surface area contributed by atoms with Gasteiger partial charge in [0.25, 0.3) is 0 Å². The van der Waals surface area contributed by atoms with Crippen molar-refractivity contribution in [3.05, 3.63) is 121 Å². The van der Waals surface area contributed by atoms with E-state index in [0.29, 0.717) is 0 Å². The third-order valence-electron chi connectivity index (χ3n) is 7.25. The second kappa shape index (κ2) is 7.85. The summed E-state index contributed by atoms with van der Waals surface area (Å²) in [5.74, 6) is 0. The molecule has 0 saturated carbocycles. The number of hydrogen-bond acceptors (Lipinski definition) is 1. The lowest BCUT2D eigenvalue weighted by Crippen LogP contribution is -1.91. The van der Waals surface area contributed by atoms with Gasteiger partial charge in [-0.2, -0.15) is 0 Å². The minimum absolute atomic E-state index is 0.927. The molecule has 0 atom stereocenters. The standard InChI is InChI=1S/C34H24O/c1-2-22-15-17-23(18-16-22)33-27-10-3-5-12-29(27)34(30-13-6-4-11-28(30)33)24-19-20-26-25-9-7-8-14-31(25)35-32(26)21-24/h3-21H,2H2,1H3. The minimum Gasteiger partial charge on any atom is -0.456 e. The highest BCUT2D eigenvalue weighted by Crippen LogP contribution is 2.44. The second-order valence-corrected chi connectivity index (χ2v) is 9.20. The zero-order chi connectivity index (χ0) is 23.4. The molecule has 0 aliphatic heterocycles. The summed E-state index contributed by atoms with van der Waals surface area (Å²) in [5, 5.41) is 7.39. The highest BCUT2D eigenvalue weighted by Gasteiger charge is 2.17. The zero-order valence-corrected chi connectivity index (χ0v) is 19.6. The Morgan fingerprint density at radius 1 is 0.457 bits per heavy atom. The summed E-state index contributed by atoms with van der Waals surface area (Å²) in [7, 11) is 0. The lowest BCUT2D eigenvalue weighted by molar-refractivity contribution is 0.669. The molecule has 35 heavy (non-hydrogen) atoms. The lowest BCUT2D eigenvalue weighted by atomic mass is 9.85. The molecule has 0 aliphatic rings. The third kappa shape index (κ3) is 3.09. The fourth-order valence-electron chi connectivity index (χ4n) is 5.54. The van der Waals surface area contributed by atoms with E-state index in [4.69, 9.17) is 4.42 Å². The molecule has 0 amide bonds. The molecule has 0 fully saturated rings. The van der Waals surface area contributed by atoms with Crippen LogP contribution >= 0.6 is 0 Å². The normalized spacial score (nSPS) is 11.7. The molecular weight excluding hydrogens is 424 g/mol. The van der Waals surface area contributed by atoms with Crippen LogP contribution in [0.5, 0.6) is 0 Å². The van der Waals surface area contributed by atoms with Crippen LogP contribution in [0, 0.1) is 0 Å². The smallest absolute Gasteiger partial charge is 0.136 e. The Balaban J connectivity index is 1.57. The quantitative estimate of drug-likeness (QED) is 0.245. The topological polar surface area (TPSA) is 13.1 Å². The van der Waals surface area contributed by atoms with Crippen molar-refractivity contribution < 1.29 is 4.42 Å². The molecule has 7 rings (SSSR count). The molecule has 1 nitrogen and oxygen atoms in total. The summed E-state index contributed by atoms with van der Waals surface area (Å²) < 4.78 is 6.25. The van der Waals surface area contributed by atoms with Gasteiger partial charge in [-0.15, -0.1) is 0 Å². The first-order valence-corrected chi connectivity index (χ1v) is 12.3. The van der Waals surface area contributed by atoms with E-state index >= 15 is 0 Å². The second-order valence-electron chi connectivity index (χ2n) is 9.20. The van der Waals surface area contributed by atoms with Gasteiger partial charge >= 0.3 is 0 Å². The monoisotopic (exact) mass is 448 g/mol. The van der Waals surface area contributed by atoms with Gasteiger partial charge in [-0.25, -0.2) is 0 Å². The number of para-hydroxylation sites is 1. The molecule has 0 saturated heterocycles. The van der Waals surface area contributed by atoms with Gasteiger partial charge in [0.05, 0.1) is 0 Å². The number of furan rings is 1. The molecular formula is C34H24O. The molecule has 1 aromatic heterocycles. The van der Waals surface area contributed by atoms with E-state index in [0.717, 1.165) is 28.4 Å². The van der Waals surface area contributed by atoms with Crippen LogP contribution in [-0.2, 0) is 6.42 Å². The number of aryl methyl sites for hydroxylation is 1. The van der Waals surface area contributed by atoms with Gasteiger partial charge in [-0.1, -0.05) is 104 Å². The van der Waals surface area contributed by atoms with Crippen LogP contribution in [0.2, 0.25) is 0 Å². The number of fused-ring (bicyclic) bond motifs is 5. The van der Waals surface area contributed by atoms with Crippen molar-refractivity contribution in [1.82, 2.24) is 0 Å². The molecule has 0 bridgehead atoms. The van der Waals surface area contributed by atoms with Crippen LogP contribution in [-0.4, -0.2) is 0 Å². The van der Waals surface area contributed by atoms with Crippen LogP contribution in [0.4, 0.5) is 0 Å². The van der Waals surface area contributed by atoms with Crippen molar-refractivity contribution in [1.29, 1.82) is 0 Å². The van der Waals surface area contributed by atoms with Crippen molar-refractivity contribution in [2.45, 2.75) is 13.3 Å². The van der Waals surface area contributed by atoms with Crippen LogP contribution in [0.1, 0.15) is 12.5 Å². The molecule has 0 radical (unpaired) electrons. The van der Waals surface area contributed by atoms with E-state index in [-0.39, 0.29) is 0 Å². The number of benzene rings is 6. The van der Waals surface area contributed by atoms with Gasteiger partial charge in [-0.3, -0.25) is 0 Å². The van der Waals surface area contributed by atoms with Gasteiger partial charge in [0, 0.05) is 10.8 Å². The van der Waals surface area contributed by atoms with E-state index in [2.05, 4.69) is 110 Å². The summed E-state index contributed by atoms with van der Waals surface area (Å²) in [4.78, 5) is 0. The van der Waals surface area contributed by atoms with Gasteiger partial charge in [-0.05, 0) is 74.0 Å². The van der Waals surface area contributed by atoms with Crippen molar-refractivity contribution in [3.63, 3.8) is 0 Å². The molecule has 6 aromatic carbocycles. The van der Waals surface area contributed by atoms with E-state index in [9.17, 15) is 0 Å². The third-order valence-corrected chi connectivity index (χ3v) is 7.25. The zero-order valence-electron chi connectivity index (χ0n) is 19.6. The minimum atomic E-state index is 0.927. The van der Waals surface area contributed by atoms with Crippen LogP contribution in [0.25, 0.3) is 65.7 Å². The first-order chi connectivity index (χ1) is 17.3. The lowest BCUT2D eigenvalue weighted by Gasteiger charge is -2.18. The SMILES string of the molecule is CCc1ccc(-c2c3ccccc3c(-c3ccc4c(c3)oc3ccccc34)c3ccccc23)cc1. The summed E-state index contributed by atoms with van der Waals surface area (Å²) in [6.45, 7) is 2.20. The largest absolute Gasteiger partial charge is 0.456 e. The maximum atomic E-state index is 6.25.